The van der Waals surface area contributed by atoms with E-state index in [4.69, 9.17) is 4.74 Å². The Morgan fingerprint density at radius 3 is 2.67 bits per heavy atom. The zero-order valence-electron chi connectivity index (χ0n) is 20.4. The molecular weight excluding hydrogens is 428 g/mol. The van der Waals surface area contributed by atoms with E-state index in [0.717, 1.165) is 42.8 Å². The van der Waals surface area contributed by atoms with Crippen molar-refractivity contribution in [2.45, 2.75) is 64.2 Å². The fraction of sp³-hybridized carbons (Fsp3) is 0.552. The highest BCUT2D eigenvalue weighted by Crippen LogP contribution is 2.66. The molecule has 4 heteroatoms. The number of carbonyl (C=O) groups is 1. The number of methoxy groups -OCH3 is 1. The molecule has 0 bridgehead atoms. The van der Waals surface area contributed by atoms with Crippen LogP contribution in [0.1, 0.15) is 59.3 Å². The second-order valence-corrected chi connectivity index (χ2v) is 12.4. The van der Waals surface area contributed by atoms with E-state index in [1.165, 1.54) is 11.1 Å². The van der Waals surface area contributed by atoms with Gasteiger partial charge in [-0.1, -0.05) is 56.2 Å². The quantitative estimate of drug-likeness (QED) is 0.383. The number of benzene rings is 1. The van der Waals surface area contributed by atoms with Gasteiger partial charge in [-0.2, -0.15) is 0 Å². The maximum atomic E-state index is 13.1. The third-order valence-corrected chi connectivity index (χ3v) is 10.6. The predicted molar refractivity (Wildman–Crippen MR) is 133 cm³/mol. The Labute approximate surface area is 200 Å². The van der Waals surface area contributed by atoms with Crippen LogP contribution in [0.4, 0.5) is 0 Å². The van der Waals surface area contributed by atoms with Gasteiger partial charge in [0, 0.05) is 16.7 Å². The van der Waals surface area contributed by atoms with Gasteiger partial charge in [0.1, 0.15) is 5.76 Å². The molecule has 2 unspecified atom stereocenters. The molecule has 5 rings (SSSR count). The molecule has 0 aromatic heterocycles. The van der Waals surface area contributed by atoms with Crippen molar-refractivity contribution in [3.63, 3.8) is 0 Å². The largest absolute Gasteiger partial charge is 0.500 e. The number of hydrogen-bond donors (Lipinski definition) is 0. The highest BCUT2D eigenvalue weighted by molar-refractivity contribution is 7.85. The average Bonchev–Trinajstić information content (AvgIpc) is 3.08. The van der Waals surface area contributed by atoms with Gasteiger partial charge in [0.2, 0.25) is 0 Å². The van der Waals surface area contributed by atoms with Gasteiger partial charge in [-0.05, 0) is 79.1 Å². The van der Waals surface area contributed by atoms with Crippen LogP contribution in [0.5, 0.6) is 0 Å². The molecular formula is C29H36O3S. The lowest BCUT2D eigenvalue weighted by molar-refractivity contribution is -0.115. The highest BCUT2D eigenvalue weighted by atomic mass is 32.2. The van der Waals surface area contributed by atoms with Gasteiger partial charge in [-0.3, -0.25) is 9.00 Å². The summed E-state index contributed by atoms with van der Waals surface area (Å²) in [6.07, 6.45) is 10.5. The molecule has 1 aromatic carbocycles. The van der Waals surface area contributed by atoms with Crippen molar-refractivity contribution in [3.05, 3.63) is 65.0 Å². The van der Waals surface area contributed by atoms with Gasteiger partial charge in [-0.15, -0.1) is 0 Å². The molecule has 6 atom stereocenters. The van der Waals surface area contributed by atoms with Gasteiger partial charge >= 0.3 is 0 Å². The molecule has 1 aromatic rings. The molecule has 0 spiro atoms. The van der Waals surface area contributed by atoms with Crippen LogP contribution in [0.15, 0.2) is 69.9 Å². The SMILES string of the molecule is COC(CS(=O)c1ccccc1)=C1C(C)C[C@H]2[C@@H]3CCC4=CC(=O)CC[C@]4(C)C3=CC[C@]12C. The van der Waals surface area contributed by atoms with Crippen LogP contribution >= 0.6 is 0 Å². The Kier molecular flexibility index (Phi) is 5.79. The summed E-state index contributed by atoms with van der Waals surface area (Å²) in [6.45, 7) is 7.13. The average molecular weight is 465 g/mol. The molecule has 4 aliphatic carbocycles. The molecule has 4 aliphatic rings. The first kappa shape index (κ1) is 22.8. The second-order valence-electron chi connectivity index (χ2n) is 11.0. The number of carbonyl (C=O) groups excluding carboxylic acids is 1. The summed E-state index contributed by atoms with van der Waals surface area (Å²) in [7, 11) is 0.630. The summed E-state index contributed by atoms with van der Waals surface area (Å²) in [5, 5.41) is 0. The summed E-state index contributed by atoms with van der Waals surface area (Å²) in [5.74, 6) is 3.24. The van der Waals surface area contributed by atoms with Crippen molar-refractivity contribution in [1.82, 2.24) is 0 Å². The maximum absolute atomic E-state index is 13.1. The van der Waals surface area contributed by atoms with Crippen LogP contribution < -0.4 is 0 Å². The summed E-state index contributed by atoms with van der Waals surface area (Å²) in [6, 6.07) is 9.73. The molecule has 0 heterocycles. The Bertz CT molecular complexity index is 1080. The first-order valence-corrected chi connectivity index (χ1v) is 13.7. The second kappa shape index (κ2) is 8.37. The van der Waals surface area contributed by atoms with E-state index < -0.39 is 10.8 Å². The fourth-order valence-electron chi connectivity index (χ4n) is 7.64. The Hall–Kier alpha value is -1.94. The minimum Gasteiger partial charge on any atom is -0.500 e. The lowest BCUT2D eigenvalue weighted by Gasteiger charge is -2.52. The molecule has 2 fully saturated rings. The van der Waals surface area contributed by atoms with Crippen LogP contribution in [0.2, 0.25) is 0 Å². The first-order valence-electron chi connectivity index (χ1n) is 12.4. The molecule has 2 saturated carbocycles. The van der Waals surface area contributed by atoms with Gasteiger partial charge in [0.05, 0.1) is 23.7 Å². The third kappa shape index (κ3) is 3.60. The summed E-state index contributed by atoms with van der Waals surface area (Å²) < 4.78 is 19.1. The molecule has 33 heavy (non-hydrogen) atoms. The number of ketones is 1. The summed E-state index contributed by atoms with van der Waals surface area (Å²) in [5.41, 5.74) is 4.45. The summed E-state index contributed by atoms with van der Waals surface area (Å²) in [4.78, 5) is 13.0. The standard InChI is InChI=1S/C29H36O3S/c1-19-16-25-23-11-10-20-17-21(30)12-14-28(20,2)24(23)13-15-29(25,3)27(19)26(32-4)18-33(31)22-8-6-5-7-9-22/h5-9,13,17,19,23,25H,10-12,14-16,18H2,1-4H3/t19?,23-,25+,28+,29+,33?/m1/s1. The number of allylic oxidation sites excluding steroid dienone is 5. The van der Waals surface area contributed by atoms with E-state index in [0.29, 0.717) is 35.7 Å². The molecule has 0 aliphatic heterocycles. The predicted octanol–water partition coefficient (Wildman–Crippen LogP) is 6.39. The lowest BCUT2D eigenvalue weighted by Crippen LogP contribution is -2.43. The van der Waals surface area contributed by atoms with E-state index in [1.807, 2.05) is 36.4 Å². The normalized spacial score (nSPS) is 37.8. The van der Waals surface area contributed by atoms with Gasteiger partial charge in [-0.25, -0.2) is 0 Å². The van der Waals surface area contributed by atoms with E-state index in [2.05, 4.69) is 26.8 Å². The first-order chi connectivity index (χ1) is 15.8. The van der Waals surface area contributed by atoms with Crippen LogP contribution in [0.25, 0.3) is 0 Å². The number of ether oxygens (including phenoxy) is 1. The van der Waals surface area contributed by atoms with Gasteiger partial charge in [0.15, 0.2) is 5.78 Å². The van der Waals surface area contributed by atoms with Crippen LogP contribution in [0.3, 0.4) is 0 Å². The van der Waals surface area contributed by atoms with Crippen molar-refractivity contribution in [1.29, 1.82) is 0 Å². The Morgan fingerprint density at radius 1 is 1.18 bits per heavy atom. The zero-order chi connectivity index (χ0) is 23.4. The number of fused-ring (bicyclic) bond motifs is 5. The van der Waals surface area contributed by atoms with Crippen LogP contribution in [0, 0.1) is 28.6 Å². The van der Waals surface area contributed by atoms with Crippen molar-refractivity contribution in [3.8, 4) is 0 Å². The number of rotatable bonds is 4. The monoisotopic (exact) mass is 464 g/mol. The minimum absolute atomic E-state index is 0.0435. The molecule has 0 amide bonds. The third-order valence-electron chi connectivity index (χ3n) is 9.26. The van der Waals surface area contributed by atoms with Crippen molar-refractivity contribution < 1.29 is 13.7 Å². The highest BCUT2D eigenvalue weighted by Gasteiger charge is 2.56. The minimum atomic E-state index is -1.12. The molecule has 3 nitrogen and oxygen atoms in total. The van der Waals surface area contributed by atoms with Crippen molar-refractivity contribution in [2.75, 3.05) is 12.9 Å². The molecule has 0 radical (unpaired) electrons. The maximum Gasteiger partial charge on any atom is 0.155 e. The van der Waals surface area contributed by atoms with Crippen LogP contribution in [-0.4, -0.2) is 22.9 Å². The zero-order valence-corrected chi connectivity index (χ0v) is 21.2. The van der Waals surface area contributed by atoms with Gasteiger partial charge in [0.25, 0.3) is 0 Å². The van der Waals surface area contributed by atoms with Crippen LogP contribution in [-0.2, 0) is 20.3 Å². The fourth-order valence-corrected chi connectivity index (χ4v) is 8.77. The van der Waals surface area contributed by atoms with E-state index in [-0.39, 0.29) is 10.8 Å². The lowest BCUT2D eigenvalue weighted by atomic mass is 9.51. The molecule has 0 N–H and O–H groups in total. The smallest absolute Gasteiger partial charge is 0.155 e. The van der Waals surface area contributed by atoms with E-state index in [9.17, 15) is 9.00 Å². The van der Waals surface area contributed by atoms with E-state index in [1.54, 1.807) is 12.7 Å². The van der Waals surface area contributed by atoms with Gasteiger partial charge < -0.3 is 4.74 Å². The Balaban J connectivity index is 1.51. The molecule has 176 valence electrons. The summed E-state index contributed by atoms with van der Waals surface area (Å²) >= 11 is 0. The number of hydrogen-bond acceptors (Lipinski definition) is 3. The van der Waals surface area contributed by atoms with E-state index >= 15 is 0 Å². The van der Waals surface area contributed by atoms with Crippen molar-refractivity contribution >= 4 is 16.6 Å². The molecule has 0 saturated heterocycles. The van der Waals surface area contributed by atoms with Crippen molar-refractivity contribution in [2.24, 2.45) is 28.6 Å². The topological polar surface area (TPSA) is 43.4 Å². The Morgan fingerprint density at radius 2 is 1.94 bits per heavy atom.